The topological polar surface area (TPSA) is 45.1 Å². The Morgan fingerprint density at radius 3 is 2.48 bits per heavy atom. The number of aromatic nitrogens is 1. The maximum Gasteiger partial charge on any atom is 0.395 e. The van der Waals surface area contributed by atoms with Crippen LogP contribution in [0.5, 0.6) is 0 Å². The van der Waals surface area contributed by atoms with Crippen LogP contribution in [-0.4, -0.2) is 28.9 Å². The minimum absolute atomic E-state index is 0.0562. The van der Waals surface area contributed by atoms with Gasteiger partial charge in [0.15, 0.2) is 0 Å². The molecule has 1 heterocycles. The van der Waals surface area contributed by atoms with Crippen molar-refractivity contribution in [3.8, 4) is 0 Å². The zero-order valence-corrected chi connectivity index (χ0v) is 17.6. The number of alkyl halides is 3. The molecule has 2 N–H and O–H groups in total. The van der Waals surface area contributed by atoms with Gasteiger partial charge in [0.2, 0.25) is 0 Å². The number of aliphatic hydroxyl groups is 1. The molecule has 0 fully saturated rings. The summed E-state index contributed by atoms with van der Waals surface area (Å²) in [7, 11) is 0. The van der Waals surface area contributed by atoms with Crippen LogP contribution in [0, 0.1) is 5.92 Å². The van der Waals surface area contributed by atoms with E-state index in [1.165, 1.54) is 6.20 Å². The molecule has 1 unspecified atom stereocenters. The molecule has 0 spiro atoms. The molecule has 1 aromatic carbocycles. The average molecular weight is 455 g/mol. The molecule has 1 aliphatic carbocycles. The predicted octanol–water partition coefficient (Wildman–Crippen LogP) is 5.51. The van der Waals surface area contributed by atoms with Crippen molar-refractivity contribution < 1.29 is 22.7 Å². The lowest BCUT2D eigenvalue weighted by atomic mass is 9.76. The lowest BCUT2D eigenvalue weighted by molar-refractivity contribution is -0.162. The highest BCUT2D eigenvalue weighted by Gasteiger charge is 2.45. The molecule has 3 nitrogen and oxygen atoms in total. The van der Waals surface area contributed by atoms with Crippen molar-refractivity contribution in [2.45, 2.75) is 37.6 Å². The first kappa shape index (κ1) is 23.4. The monoisotopic (exact) mass is 454 g/mol. The number of hydrogen-bond acceptors (Lipinski definition) is 3. The van der Waals surface area contributed by atoms with E-state index in [4.69, 9.17) is 11.6 Å². The lowest BCUT2D eigenvalue weighted by Crippen LogP contribution is -2.49. The van der Waals surface area contributed by atoms with Gasteiger partial charge in [-0.3, -0.25) is 10.3 Å². The minimum atomic E-state index is -4.59. The second-order valence-corrected chi connectivity index (χ2v) is 8.16. The fourth-order valence-electron chi connectivity index (χ4n) is 3.69. The van der Waals surface area contributed by atoms with Crippen LogP contribution in [0.3, 0.4) is 0 Å². The second kappa shape index (κ2) is 9.51. The summed E-state index contributed by atoms with van der Waals surface area (Å²) in [6.45, 7) is 1.61. The van der Waals surface area contributed by atoms with Crippen LogP contribution in [0.15, 0.2) is 72.2 Å². The Morgan fingerprint density at radius 2 is 1.90 bits per heavy atom. The number of benzene rings is 1. The van der Waals surface area contributed by atoms with Gasteiger partial charge in [-0.2, -0.15) is 13.2 Å². The van der Waals surface area contributed by atoms with Crippen molar-refractivity contribution in [3.05, 3.63) is 88.5 Å². The third-order valence-electron chi connectivity index (χ3n) is 5.20. The van der Waals surface area contributed by atoms with Crippen molar-refractivity contribution in [2.24, 2.45) is 5.92 Å². The van der Waals surface area contributed by atoms with Gasteiger partial charge in [0.1, 0.15) is 5.83 Å². The molecule has 0 amide bonds. The Balaban J connectivity index is 2.21. The van der Waals surface area contributed by atoms with E-state index in [9.17, 15) is 22.7 Å². The van der Waals surface area contributed by atoms with Gasteiger partial charge in [-0.25, -0.2) is 4.39 Å². The number of rotatable bonds is 7. The SMILES string of the molecule is C[C@H](O)CN[C@@](Cc1ccccc1)(C1=CC(C(F)(F)F)CC(F)=C1)c1ccc(Cl)cn1. The van der Waals surface area contributed by atoms with Gasteiger partial charge >= 0.3 is 6.18 Å². The van der Waals surface area contributed by atoms with Gasteiger partial charge in [0.05, 0.1) is 28.3 Å². The van der Waals surface area contributed by atoms with Crippen LogP contribution in [0.4, 0.5) is 17.6 Å². The Hall–Kier alpha value is -2.22. The Labute approximate surface area is 183 Å². The Kier molecular flexibility index (Phi) is 7.19. The molecule has 3 rings (SSSR count). The number of pyridine rings is 1. The van der Waals surface area contributed by atoms with Gasteiger partial charge in [0.25, 0.3) is 0 Å². The molecule has 1 aromatic heterocycles. The third-order valence-corrected chi connectivity index (χ3v) is 5.42. The number of hydrogen-bond donors (Lipinski definition) is 2. The van der Waals surface area contributed by atoms with Crippen LogP contribution < -0.4 is 5.32 Å². The molecular formula is C23H23ClF4N2O. The number of aliphatic hydroxyl groups excluding tert-OH is 1. The van der Waals surface area contributed by atoms with Gasteiger partial charge in [0, 0.05) is 25.6 Å². The zero-order valence-electron chi connectivity index (χ0n) is 16.8. The summed E-state index contributed by atoms with van der Waals surface area (Å²) < 4.78 is 55.1. The fraction of sp³-hybridized carbons (Fsp3) is 0.348. The summed E-state index contributed by atoms with van der Waals surface area (Å²) in [5.41, 5.74) is -0.0249. The largest absolute Gasteiger partial charge is 0.395 e. The Bertz CT molecular complexity index is 942. The third kappa shape index (κ3) is 5.73. The number of nitrogens with one attached hydrogen (secondary N) is 1. The average Bonchev–Trinajstić information content (AvgIpc) is 2.71. The maximum atomic E-state index is 14.5. The van der Waals surface area contributed by atoms with Crippen LogP contribution in [0.25, 0.3) is 0 Å². The minimum Gasteiger partial charge on any atom is -0.392 e. The van der Waals surface area contributed by atoms with E-state index >= 15 is 0 Å². The number of allylic oxidation sites excluding steroid dienone is 2. The number of nitrogens with zero attached hydrogens (tertiary/aromatic N) is 1. The van der Waals surface area contributed by atoms with E-state index < -0.39 is 36.0 Å². The molecule has 0 saturated carbocycles. The molecule has 0 bridgehead atoms. The smallest absolute Gasteiger partial charge is 0.392 e. The summed E-state index contributed by atoms with van der Waals surface area (Å²) in [5, 5.41) is 13.4. The quantitative estimate of drug-likeness (QED) is 0.542. The van der Waals surface area contributed by atoms with Crippen molar-refractivity contribution in [1.82, 2.24) is 10.3 Å². The first-order valence-electron chi connectivity index (χ1n) is 9.84. The highest BCUT2D eigenvalue weighted by molar-refractivity contribution is 6.30. The highest BCUT2D eigenvalue weighted by Crippen LogP contribution is 2.42. The lowest BCUT2D eigenvalue weighted by Gasteiger charge is -2.39. The van der Waals surface area contributed by atoms with Gasteiger partial charge in [-0.1, -0.05) is 48.0 Å². The van der Waals surface area contributed by atoms with E-state index in [0.717, 1.165) is 17.7 Å². The van der Waals surface area contributed by atoms with Crippen molar-refractivity contribution in [3.63, 3.8) is 0 Å². The van der Waals surface area contributed by atoms with Gasteiger partial charge in [-0.15, -0.1) is 0 Å². The van der Waals surface area contributed by atoms with E-state index in [1.807, 2.05) is 30.3 Å². The number of halogens is 5. The van der Waals surface area contributed by atoms with Crippen LogP contribution >= 0.6 is 11.6 Å². The summed E-state index contributed by atoms with van der Waals surface area (Å²) in [5.74, 6) is -2.81. The van der Waals surface area contributed by atoms with Crippen LogP contribution in [0.2, 0.25) is 5.02 Å². The predicted molar refractivity (Wildman–Crippen MR) is 112 cm³/mol. The zero-order chi connectivity index (χ0) is 22.6. The summed E-state index contributed by atoms with van der Waals surface area (Å²) in [6.07, 6.45) is -2.35. The molecule has 2 aromatic rings. The second-order valence-electron chi connectivity index (χ2n) is 7.72. The molecule has 1 aliphatic rings. The molecule has 8 heteroatoms. The summed E-state index contributed by atoms with van der Waals surface area (Å²) in [4.78, 5) is 4.36. The molecule has 166 valence electrons. The molecular weight excluding hydrogens is 432 g/mol. The molecule has 3 atom stereocenters. The van der Waals surface area contributed by atoms with Gasteiger partial charge < -0.3 is 5.11 Å². The van der Waals surface area contributed by atoms with E-state index in [1.54, 1.807) is 19.1 Å². The van der Waals surface area contributed by atoms with E-state index in [0.29, 0.717) is 10.7 Å². The van der Waals surface area contributed by atoms with Crippen molar-refractivity contribution >= 4 is 11.6 Å². The normalized spacial score (nSPS) is 19.9. The standard InChI is InChI=1S/C23H23ClF4N2O/c1-15(31)13-30-22(12-16-5-3-2-4-6-16,21-8-7-19(24)14-29-21)17-9-18(23(26,27)28)11-20(25)10-17/h2-10,14-15,18,30-31H,11-13H2,1H3/t15-,18?,22-/m0/s1. The van der Waals surface area contributed by atoms with E-state index in [-0.39, 0.29) is 18.5 Å². The maximum absolute atomic E-state index is 14.5. The molecule has 31 heavy (non-hydrogen) atoms. The van der Waals surface area contributed by atoms with Crippen molar-refractivity contribution in [2.75, 3.05) is 6.54 Å². The first-order chi connectivity index (χ1) is 14.6. The molecule has 0 aliphatic heterocycles. The van der Waals surface area contributed by atoms with Crippen LogP contribution in [0.1, 0.15) is 24.6 Å². The van der Waals surface area contributed by atoms with Crippen LogP contribution in [-0.2, 0) is 12.0 Å². The molecule has 0 saturated heterocycles. The van der Waals surface area contributed by atoms with E-state index in [2.05, 4.69) is 10.3 Å². The molecule has 0 radical (unpaired) electrons. The first-order valence-corrected chi connectivity index (χ1v) is 10.2. The highest BCUT2D eigenvalue weighted by atomic mass is 35.5. The fourth-order valence-corrected chi connectivity index (χ4v) is 3.80. The Morgan fingerprint density at radius 1 is 1.19 bits per heavy atom. The summed E-state index contributed by atoms with van der Waals surface area (Å²) in [6, 6.07) is 12.3. The van der Waals surface area contributed by atoms with Crippen molar-refractivity contribution in [1.29, 1.82) is 0 Å². The summed E-state index contributed by atoms with van der Waals surface area (Å²) >= 11 is 5.98. The van der Waals surface area contributed by atoms with Gasteiger partial charge in [-0.05, 0) is 36.3 Å².